The van der Waals surface area contributed by atoms with Crippen LogP contribution in [0.2, 0.25) is 0 Å². The minimum atomic E-state index is 0.242. The molecule has 0 atom stereocenters. The number of methoxy groups -OCH3 is 1. The standard InChI is InChI=1S/C15H15ClO3/c1-18-14-7-4-12(9-16)15(8-14)19-10-11-2-5-13(17)6-3-11/h2-8,17H,9-10H2,1H3. The van der Waals surface area contributed by atoms with Gasteiger partial charge in [0.2, 0.25) is 0 Å². The lowest BCUT2D eigenvalue weighted by molar-refractivity contribution is 0.301. The van der Waals surface area contributed by atoms with Crippen LogP contribution in [0.25, 0.3) is 0 Å². The summed E-state index contributed by atoms with van der Waals surface area (Å²) in [5.41, 5.74) is 1.89. The Bertz CT molecular complexity index is 538. The highest BCUT2D eigenvalue weighted by Crippen LogP contribution is 2.27. The van der Waals surface area contributed by atoms with Gasteiger partial charge in [0.25, 0.3) is 0 Å². The Balaban J connectivity index is 2.11. The van der Waals surface area contributed by atoms with Crippen LogP contribution in [0.3, 0.4) is 0 Å². The normalized spacial score (nSPS) is 10.2. The zero-order valence-electron chi connectivity index (χ0n) is 10.6. The monoisotopic (exact) mass is 278 g/mol. The molecule has 2 aromatic rings. The molecule has 0 aromatic heterocycles. The molecule has 2 rings (SSSR count). The van der Waals surface area contributed by atoms with Gasteiger partial charge in [0.05, 0.1) is 13.0 Å². The highest BCUT2D eigenvalue weighted by Gasteiger charge is 2.05. The van der Waals surface area contributed by atoms with E-state index >= 15 is 0 Å². The Labute approximate surface area is 117 Å². The molecule has 2 aromatic carbocycles. The van der Waals surface area contributed by atoms with Crippen molar-refractivity contribution in [2.24, 2.45) is 0 Å². The van der Waals surface area contributed by atoms with Crippen molar-refractivity contribution in [3.8, 4) is 17.2 Å². The van der Waals surface area contributed by atoms with E-state index in [1.54, 1.807) is 19.2 Å². The molecule has 0 aliphatic heterocycles. The van der Waals surface area contributed by atoms with Crippen molar-refractivity contribution in [1.82, 2.24) is 0 Å². The van der Waals surface area contributed by atoms with Gasteiger partial charge in [-0.15, -0.1) is 11.6 Å². The lowest BCUT2D eigenvalue weighted by Crippen LogP contribution is -1.98. The molecule has 0 heterocycles. The summed E-state index contributed by atoms with van der Waals surface area (Å²) in [7, 11) is 1.61. The van der Waals surface area contributed by atoms with Gasteiger partial charge in [-0.3, -0.25) is 0 Å². The zero-order chi connectivity index (χ0) is 13.7. The summed E-state index contributed by atoms with van der Waals surface area (Å²) in [5, 5.41) is 9.22. The third kappa shape index (κ3) is 3.55. The average Bonchev–Trinajstić information content (AvgIpc) is 2.46. The van der Waals surface area contributed by atoms with E-state index in [1.165, 1.54) is 0 Å². The molecule has 0 aliphatic carbocycles. The van der Waals surface area contributed by atoms with Crippen LogP contribution in [0.4, 0.5) is 0 Å². The lowest BCUT2D eigenvalue weighted by Gasteiger charge is -2.11. The number of phenolic OH excluding ortho intramolecular Hbond substituents is 1. The molecule has 0 saturated carbocycles. The molecular weight excluding hydrogens is 264 g/mol. The van der Waals surface area contributed by atoms with Crippen molar-refractivity contribution in [2.45, 2.75) is 12.5 Å². The number of rotatable bonds is 5. The van der Waals surface area contributed by atoms with Gasteiger partial charge in [-0.2, -0.15) is 0 Å². The summed E-state index contributed by atoms with van der Waals surface area (Å²) in [6.45, 7) is 0.414. The van der Waals surface area contributed by atoms with Gasteiger partial charge in [-0.1, -0.05) is 18.2 Å². The Morgan fingerprint density at radius 2 is 1.84 bits per heavy atom. The molecule has 0 unspecified atom stereocenters. The van der Waals surface area contributed by atoms with Gasteiger partial charge in [0.15, 0.2) is 0 Å². The molecule has 0 amide bonds. The second-order valence-corrected chi connectivity index (χ2v) is 4.33. The number of benzene rings is 2. The van der Waals surface area contributed by atoms with E-state index in [-0.39, 0.29) is 5.75 Å². The Kier molecular flexibility index (Phi) is 4.53. The van der Waals surface area contributed by atoms with Gasteiger partial charge in [-0.05, 0) is 23.8 Å². The lowest BCUT2D eigenvalue weighted by atomic mass is 10.2. The molecule has 19 heavy (non-hydrogen) atoms. The fourth-order valence-corrected chi connectivity index (χ4v) is 1.88. The van der Waals surface area contributed by atoms with Crippen molar-refractivity contribution in [1.29, 1.82) is 0 Å². The predicted octanol–water partition coefficient (Wildman–Crippen LogP) is 3.72. The average molecular weight is 279 g/mol. The van der Waals surface area contributed by atoms with Crippen molar-refractivity contribution in [2.75, 3.05) is 7.11 Å². The molecule has 3 nitrogen and oxygen atoms in total. The van der Waals surface area contributed by atoms with Crippen molar-refractivity contribution in [3.63, 3.8) is 0 Å². The molecule has 0 aliphatic rings. The summed E-state index contributed by atoms with van der Waals surface area (Å²) in [5.74, 6) is 2.07. The van der Waals surface area contributed by atoms with Crippen LogP contribution in [0.1, 0.15) is 11.1 Å². The van der Waals surface area contributed by atoms with Crippen molar-refractivity contribution in [3.05, 3.63) is 53.6 Å². The third-order valence-corrected chi connectivity index (χ3v) is 3.04. The maximum absolute atomic E-state index is 9.22. The first-order valence-electron chi connectivity index (χ1n) is 5.86. The maximum atomic E-state index is 9.22. The largest absolute Gasteiger partial charge is 0.508 e. The van der Waals surface area contributed by atoms with E-state index in [9.17, 15) is 5.11 Å². The smallest absolute Gasteiger partial charge is 0.127 e. The molecule has 0 bridgehead atoms. The van der Waals surface area contributed by atoms with Gasteiger partial charge < -0.3 is 14.6 Å². The highest BCUT2D eigenvalue weighted by atomic mass is 35.5. The van der Waals surface area contributed by atoms with Gasteiger partial charge in [0, 0.05) is 11.6 Å². The Hall–Kier alpha value is -1.87. The number of hydrogen-bond donors (Lipinski definition) is 1. The minimum absolute atomic E-state index is 0.242. The van der Waals surface area contributed by atoms with E-state index < -0.39 is 0 Å². The quantitative estimate of drug-likeness (QED) is 0.847. The number of phenols is 1. The van der Waals surface area contributed by atoms with E-state index in [0.717, 1.165) is 16.9 Å². The minimum Gasteiger partial charge on any atom is -0.508 e. The Morgan fingerprint density at radius 3 is 2.47 bits per heavy atom. The second-order valence-electron chi connectivity index (χ2n) is 4.06. The molecule has 0 fully saturated rings. The zero-order valence-corrected chi connectivity index (χ0v) is 11.4. The molecule has 4 heteroatoms. The summed E-state index contributed by atoms with van der Waals surface area (Å²) in [4.78, 5) is 0. The highest BCUT2D eigenvalue weighted by molar-refractivity contribution is 6.17. The van der Waals surface area contributed by atoms with E-state index in [2.05, 4.69) is 0 Å². The van der Waals surface area contributed by atoms with Crippen LogP contribution in [0.5, 0.6) is 17.2 Å². The fraction of sp³-hybridized carbons (Fsp3) is 0.200. The molecule has 0 saturated heterocycles. The van der Waals surface area contributed by atoms with Crippen LogP contribution >= 0.6 is 11.6 Å². The second kappa shape index (κ2) is 6.34. The Morgan fingerprint density at radius 1 is 1.11 bits per heavy atom. The number of halogens is 1. The van der Waals surface area contributed by atoms with Gasteiger partial charge in [-0.25, -0.2) is 0 Å². The molecular formula is C15H15ClO3. The number of aromatic hydroxyl groups is 1. The first-order valence-corrected chi connectivity index (χ1v) is 6.40. The third-order valence-electron chi connectivity index (χ3n) is 2.75. The number of hydrogen-bond acceptors (Lipinski definition) is 3. The summed E-state index contributed by atoms with van der Waals surface area (Å²) in [6, 6.07) is 12.5. The summed E-state index contributed by atoms with van der Waals surface area (Å²) >= 11 is 5.88. The van der Waals surface area contributed by atoms with Crippen LogP contribution in [0.15, 0.2) is 42.5 Å². The topological polar surface area (TPSA) is 38.7 Å². The first-order chi connectivity index (χ1) is 9.22. The van der Waals surface area contributed by atoms with Crippen LogP contribution in [-0.2, 0) is 12.5 Å². The SMILES string of the molecule is COc1ccc(CCl)c(OCc2ccc(O)cc2)c1. The number of ether oxygens (including phenoxy) is 2. The molecule has 0 spiro atoms. The van der Waals surface area contributed by atoms with Gasteiger partial charge in [0.1, 0.15) is 23.9 Å². The summed E-state index contributed by atoms with van der Waals surface area (Å²) < 4.78 is 10.9. The van der Waals surface area contributed by atoms with E-state index in [4.69, 9.17) is 21.1 Å². The van der Waals surface area contributed by atoms with Crippen LogP contribution in [-0.4, -0.2) is 12.2 Å². The van der Waals surface area contributed by atoms with Gasteiger partial charge >= 0.3 is 0 Å². The number of alkyl halides is 1. The summed E-state index contributed by atoms with van der Waals surface area (Å²) in [6.07, 6.45) is 0. The van der Waals surface area contributed by atoms with E-state index in [0.29, 0.717) is 18.2 Å². The fourth-order valence-electron chi connectivity index (χ4n) is 1.66. The van der Waals surface area contributed by atoms with Crippen LogP contribution < -0.4 is 9.47 Å². The predicted molar refractivity (Wildman–Crippen MR) is 75.0 cm³/mol. The van der Waals surface area contributed by atoms with Crippen molar-refractivity contribution < 1.29 is 14.6 Å². The molecule has 100 valence electrons. The van der Waals surface area contributed by atoms with Crippen LogP contribution in [0, 0.1) is 0 Å². The van der Waals surface area contributed by atoms with E-state index in [1.807, 2.05) is 30.3 Å². The van der Waals surface area contributed by atoms with Crippen molar-refractivity contribution >= 4 is 11.6 Å². The molecule has 0 radical (unpaired) electrons. The first kappa shape index (κ1) is 13.6. The maximum Gasteiger partial charge on any atom is 0.127 e. The molecule has 1 N–H and O–H groups in total.